The highest BCUT2D eigenvalue weighted by atomic mass is 16.7. The molecule has 3 rings (SSSR count). The molecule has 1 aliphatic heterocycles. The van der Waals surface area contributed by atoms with Crippen LogP contribution >= 0.6 is 0 Å². The van der Waals surface area contributed by atoms with Gasteiger partial charge in [-0.15, -0.1) is 0 Å². The molecule has 2 aromatic carbocycles. The molecule has 0 aromatic heterocycles. The number of nitrogens with zero attached hydrogens (tertiary/aromatic N) is 1. The minimum atomic E-state index is 0.216. The van der Waals surface area contributed by atoms with E-state index in [1.807, 2.05) is 12.1 Å². The van der Waals surface area contributed by atoms with E-state index in [0.717, 1.165) is 57.0 Å². The maximum Gasteiger partial charge on any atom is 0.188 e. The van der Waals surface area contributed by atoms with Gasteiger partial charge in [0.05, 0.1) is 13.7 Å². The van der Waals surface area contributed by atoms with Crippen molar-refractivity contribution in [2.24, 2.45) is 0 Å². The minimum Gasteiger partial charge on any atom is -0.494 e. The Morgan fingerprint density at radius 2 is 1.70 bits per heavy atom. The van der Waals surface area contributed by atoms with Crippen LogP contribution in [0, 0.1) is 0 Å². The van der Waals surface area contributed by atoms with Gasteiger partial charge in [-0.2, -0.15) is 0 Å². The molecule has 1 fully saturated rings. The van der Waals surface area contributed by atoms with E-state index in [9.17, 15) is 0 Å². The van der Waals surface area contributed by atoms with E-state index < -0.39 is 0 Å². The third kappa shape index (κ3) is 9.24. The molecule has 0 radical (unpaired) electrons. The second kappa shape index (κ2) is 14.8. The van der Waals surface area contributed by atoms with Gasteiger partial charge in [-0.05, 0) is 93.7 Å². The molecule has 0 spiro atoms. The fraction of sp³-hybridized carbons (Fsp3) is 0.556. The van der Waals surface area contributed by atoms with Crippen molar-refractivity contribution in [2.45, 2.75) is 45.1 Å². The molecular formula is C27H40N2O4. The van der Waals surface area contributed by atoms with Gasteiger partial charge in [0.15, 0.2) is 18.3 Å². The summed E-state index contributed by atoms with van der Waals surface area (Å²) < 4.78 is 21.9. The molecule has 182 valence electrons. The Morgan fingerprint density at radius 1 is 0.848 bits per heavy atom. The fourth-order valence-corrected chi connectivity index (χ4v) is 4.15. The van der Waals surface area contributed by atoms with E-state index in [1.165, 1.54) is 43.5 Å². The average Bonchev–Trinajstić information content (AvgIpc) is 2.85. The fourth-order valence-electron chi connectivity index (χ4n) is 4.15. The molecule has 1 heterocycles. The van der Waals surface area contributed by atoms with E-state index in [0.29, 0.717) is 5.75 Å². The van der Waals surface area contributed by atoms with E-state index in [2.05, 4.69) is 40.5 Å². The van der Waals surface area contributed by atoms with Crippen LogP contribution < -0.4 is 19.5 Å². The van der Waals surface area contributed by atoms with Gasteiger partial charge >= 0.3 is 0 Å². The summed E-state index contributed by atoms with van der Waals surface area (Å²) in [6, 6.07) is 14.6. The first kappa shape index (κ1) is 25.3. The molecule has 2 aromatic rings. The van der Waals surface area contributed by atoms with Crippen LogP contribution in [0.4, 0.5) is 0 Å². The lowest BCUT2D eigenvalue weighted by atomic mass is 10.1. The summed E-state index contributed by atoms with van der Waals surface area (Å²) in [4.78, 5) is 2.55. The van der Waals surface area contributed by atoms with E-state index >= 15 is 0 Å². The number of ether oxygens (including phenoxy) is 4. The molecule has 0 aliphatic carbocycles. The van der Waals surface area contributed by atoms with Crippen LogP contribution in [-0.4, -0.2) is 58.7 Å². The van der Waals surface area contributed by atoms with Crippen molar-refractivity contribution in [2.75, 3.05) is 53.8 Å². The molecule has 0 unspecified atom stereocenters. The van der Waals surface area contributed by atoms with Crippen LogP contribution in [-0.2, 0) is 17.7 Å². The van der Waals surface area contributed by atoms with E-state index in [4.69, 9.17) is 18.9 Å². The zero-order valence-corrected chi connectivity index (χ0v) is 20.3. The molecule has 33 heavy (non-hydrogen) atoms. The maximum atomic E-state index is 5.98. The summed E-state index contributed by atoms with van der Waals surface area (Å²) in [7, 11) is 3.27. The molecule has 0 saturated carbocycles. The van der Waals surface area contributed by atoms with Crippen LogP contribution in [0.5, 0.6) is 17.2 Å². The first-order chi connectivity index (χ1) is 16.3. The van der Waals surface area contributed by atoms with E-state index in [1.54, 1.807) is 14.2 Å². The van der Waals surface area contributed by atoms with Crippen LogP contribution in [0.25, 0.3) is 0 Å². The van der Waals surface area contributed by atoms with Gasteiger partial charge in [-0.1, -0.05) is 24.6 Å². The molecule has 0 amide bonds. The highest BCUT2D eigenvalue weighted by Gasteiger charge is 2.10. The van der Waals surface area contributed by atoms with Gasteiger partial charge in [-0.25, -0.2) is 0 Å². The van der Waals surface area contributed by atoms with Crippen molar-refractivity contribution < 1.29 is 18.9 Å². The third-order valence-corrected chi connectivity index (χ3v) is 5.90. The number of piperidine rings is 1. The lowest BCUT2D eigenvalue weighted by Crippen LogP contribution is -2.29. The Kier molecular flexibility index (Phi) is 11.4. The number of nitrogens with one attached hydrogen (secondary N) is 1. The second-order valence-corrected chi connectivity index (χ2v) is 8.58. The molecule has 6 nitrogen and oxygen atoms in total. The molecule has 0 bridgehead atoms. The van der Waals surface area contributed by atoms with Crippen molar-refractivity contribution in [3.05, 3.63) is 53.6 Å². The van der Waals surface area contributed by atoms with Gasteiger partial charge in [0.25, 0.3) is 0 Å². The first-order valence-corrected chi connectivity index (χ1v) is 12.2. The monoisotopic (exact) mass is 456 g/mol. The molecule has 1 N–H and O–H groups in total. The Labute approximate surface area is 199 Å². The summed E-state index contributed by atoms with van der Waals surface area (Å²) in [5.74, 6) is 2.43. The average molecular weight is 457 g/mol. The molecule has 0 atom stereocenters. The van der Waals surface area contributed by atoms with Gasteiger partial charge in [-0.3, -0.25) is 4.90 Å². The standard InChI is InChI=1S/C27H40N2O4/c1-30-22-33-26-13-12-23(20-27(26)31-2)10-7-14-28-15-8-18-32-25-11-6-9-24(19-25)21-29-16-4-3-5-17-29/h6,9,11-13,19-20,28H,3-5,7-8,10,14-18,21-22H2,1-2H3. The first-order valence-electron chi connectivity index (χ1n) is 12.2. The zero-order valence-electron chi connectivity index (χ0n) is 20.3. The van der Waals surface area contributed by atoms with Crippen LogP contribution in [0.1, 0.15) is 43.2 Å². The summed E-state index contributed by atoms with van der Waals surface area (Å²) in [6.45, 7) is 6.37. The van der Waals surface area contributed by atoms with Crippen molar-refractivity contribution in [1.29, 1.82) is 0 Å². The number of rotatable bonds is 15. The van der Waals surface area contributed by atoms with Crippen molar-refractivity contribution in [3.63, 3.8) is 0 Å². The van der Waals surface area contributed by atoms with E-state index in [-0.39, 0.29) is 6.79 Å². The van der Waals surface area contributed by atoms with Crippen molar-refractivity contribution in [3.8, 4) is 17.2 Å². The summed E-state index contributed by atoms with van der Waals surface area (Å²) in [6.07, 6.45) is 7.09. The Balaban J connectivity index is 1.27. The maximum absolute atomic E-state index is 5.98. The predicted molar refractivity (Wildman–Crippen MR) is 132 cm³/mol. The quantitative estimate of drug-likeness (QED) is 0.311. The molecule has 1 saturated heterocycles. The van der Waals surface area contributed by atoms with Gasteiger partial charge in [0.1, 0.15) is 5.75 Å². The largest absolute Gasteiger partial charge is 0.494 e. The number of hydrogen-bond acceptors (Lipinski definition) is 6. The SMILES string of the molecule is COCOc1ccc(CCCNCCCOc2cccc(CN3CCCCC3)c2)cc1OC. The Morgan fingerprint density at radius 3 is 2.52 bits per heavy atom. The highest BCUT2D eigenvalue weighted by Crippen LogP contribution is 2.28. The topological polar surface area (TPSA) is 52.2 Å². The minimum absolute atomic E-state index is 0.216. The lowest BCUT2D eigenvalue weighted by Gasteiger charge is -2.26. The number of benzene rings is 2. The highest BCUT2D eigenvalue weighted by molar-refractivity contribution is 5.43. The van der Waals surface area contributed by atoms with Gasteiger partial charge in [0.2, 0.25) is 0 Å². The summed E-state index contributed by atoms with van der Waals surface area (Å²) in [5, 5.41) is 3.52. The predicted octanol–water partition coefficient (Wildman–Crippen LogP) is 4.66. The summed E-state index contributed by atoms with van der Waals surface area (Å²) in [5.41, 5.74) is 2.59. The van der Waals surface area contributed by atoms with Crippen LogP contribution in [0.3, 0.4) is 0 Å². The normalized spacial score (nSPS) is 14.2. The summed E-state index contributed by atoms with van der Waals surface area (Å²) >= 11 is 0. The van der Waals surface area contributed by atoms with Crippen LogP contribution in [0.2, 0.25) is 0 Å². The Hall–Kier alpha value is -2.28. The van der Waals surface area contributed by atoms with Gasteiger partial charge in [0, 0.05) is 13.7 Å². The Bertz CT molecular complexity index is 808. The molecule has 6 heteroatoms. The second-order valence-electron chi connectivity index (χ2n) is 8.58. The number of likely N-dealkylation sites (tertiary alicyclic amines) is 1. The van der Waals surface area contributed by atoms with Gasteiger partial charge < -0.3 is 24.3 Å². The number of aryl methyl sites for hydroxylation is 1. The zero-order chi connectivity index (χ0) is 23.1. The van der Waals surface area contributed by atoms with Crippen molar-refractivity contribution >= 4 is 0 Å². The molecule has 1 aliphatic rings. The number of methoxy groups -OCH3 is 2. The van der Waals surface area contributed by atoms with Crippen molar-refractivity contribution in [1.82, 2.24) is 10.2 Å². The van der Waals surface area contributed by atoms with Crippen LogP contribution in [0.15, 0.2) is 42.5 Å². The third-order valence-electron chi connectivity index (χ3n) is 5.90. The lowest BCUT2D eigenvalue weighted by molar-refractivity contribution is 0.0491. The molecular weight excluding hydrogens is 416 g/mol. The number of hydrogen-bond donors (Lipinski definition) is 1. The smallest absolute Gasteiger partial charge is 0.188 e.